The predicted molar refractivity (Wildman–Crippen MR) is 77.4 cm³/mol. The lowest BCUT2D eigenvalue weighted by atomic mass is 10.1. The van der Waals surface area contributed by atoms with E-state index in [2.05, 4.69) is 5.10 Å². The number of hydrogen-bond donors (Lipinski definition) is 0. The average Bonchev–Trinajstić information content (AvgIpc) is 2.50. The van der Waals surface area contributed by atoms with E-state index in [1.165, 1.54) is 13.1 Å². The molecule has 1 aromatic carbocycles. The number of nitrogens with zero attached hydrogens (tertiary/aromatic N) is 2. The summed E-state index contributed by atoms with van der Waals surface area (Å²) in [5.74, 6) is 0.0190. The molecule has 6 heteroatoms. The van der Waals surface area contributed by atoms with Crippen molar-refractivity contribution in [2.75, 3.05) is 13.7 Å². The third-order valence-corrected chi connectivity index (χ3v) is 2.92. The molecule has 0 aliphatic rings. The molecule has 21 heavy (non-hydrogen) atoms. The number of carbonyl (C=O) groups is 1. The maximum Gasteiger partial charge on any atom is 0.343 e. The van der Waals surface area contributed by atoms with E-state index in [9.17, 15) is 9.59 Å². The van der Waals surface area contributed by atoms with Crippen LogP contribution in [0, 0.1) is 0 Å². The molecule has 1 aromatic heterocycles. The molecule has 0 bridgehead atoms. The Balaban J connectivity index is 2.54. The molecule has 0 aliphatic carbocycles. The fourth-order valence-electron chi connectivity index (χ4n) is 1.89. The summed E-state index contributed by atoms with van der Waals surface area (Å²) in [6.07, 6.45) is 0. The van der Waals surface area contributed by atoms with Crippen molar-refractivity contribution in [2.24, 2.45) is 7.05 Å². The van der Waals surface area contributed by atoms with Gasteiger partial charge in [0.05, 0.1) is 19.4 Å². The van der Waals surface area contributed by atoms with E-state index in [0.717, 1.165) is 10.2 Å². The van der Waals surface area contributed by atoms with Crippen LogP contribution in [-0.2, 0) is 11.8 Å². The highest BCUT2D eigenvalue weighted by Crippen LogP contribution is 2.21. The van der Waals surface area contributed by atoms with Crippen molar-refractivity contribution in [2.45, 2.75) is 6.92 Å². The van der Waals surface area contributed by atoms with E-state index >= 15 is 0 Å². The molecular formula is C15H16N2O4. The first kappa shape index (κ1) is 14.8. The minimum Gasteiger partial charge on any atom is -0.497 e. The molecule has 0 aliphatic heterocycles. The van der Waals surface area contributed by atoms with Gasteiger partial charge in [0.2, 0.25) is 0 Å². The van der Waals surface area contributed by atoms with E-state index in [1.54, 1.807) is 26.2 Å². The van der Waals surface area contributed by atoms with Gasteiger partial charge in [0.25, 0.3) is 5.56 Å². The Labute approximate surface area is 121 Å². The van der Waals surface area contributed by atoms with Crippen molar-refractivity contribution in [3.05, 3.63) is 46.2 Å². The van der Waals surface area contributed by atoms with Crippen LogP contribution in [0.2, 0.25) is 0 Å². The highest BCUT2D eigenvalue weighted by atomic mass is 16.5. The molecule has 1 heterocycles. The number of aryl methyl sites for hydroxylation is 1. The lowest BCUT2D eigenvalue weighted by Crippen LogP contribution is -2.27. The summed E-state index contributed by atoms with van der Waals surface area (Å²) < 4.78 is 11.2. The topological polar surface area (TPSA) is 70.4 Å². The number of benzene rings is 1. The van der Waals surface area contributed by atoms with E-state index in [0.29, 0.717) is 11.4 Å². The zero-order valence-corrected chi connectivity index (χ0v) is 12.1. The Morgan fingerprint density at radius 2 is 2.10 bits per heavy atom. The van der Waals surface area contributed by atoms with Crippen molar-refractivity contribution >= 4 is 5.97 Å². The first-order valence-corrected chi connectivity index (χ1v) is 6.46. The quantitative estimate of drug-likeness (QED) is 0.800. The van der Waals surface area contributed by atoms with Gasteiger partial charge in [0.1, 0.15) is 11.3 Å². The molecule has 0 saturated heterocycles. The molecule has 2 aromatic rings. The largest absolute Gasteiger partial charge is 0.497 e. The molecule has 0 N–H and O–H groups in total. The smallest absolute Gasteiger partial charge is 0.343 e. The molecule has 6 nitrogen and oxygen atoms in total. The van der Waals surface area contributed by atoms with Gasteiger partial charge in [-0.25, -0.2) is 9.48 Å². The van der Waals surface area contributed by atoms with Crippen LogP contribution in [0.1, 0.15) is 17.3 Å². The van der Waals surface area contributed by atoms with Crippen LogP contribution in [0.3, 0.4) is 0 Å². The van der Waals surface area contributed by atoms with Gasteiger partial charge in [0.15, 0.2) is 0 Å². The molecule has 0 fully saturated rings. The fourth-order valence-corrected chi connectivity index (χ4v) is 1.89. The molecule has 0 saturated carbocycles. The molecule has 0 atom stereocenters. The Bertz CT molecular complexity index is 722. The molecule has 2 rings (SSSR count). The third-order valence-electron chi connectivity index (χ3n) is 2.92. The van der Waals surface area contributed by atoms with E-state index in [1.807, 2.05) is 12.1 Å². The van der Waals surface area contributed by atoms with Gasteiger partial charge in [-0.3, -0.25) is 4.79 Å². The number of esters is 1. The normalized spacial score (nSPS) is 10.2. The SMILES string of the molecule is CCOC(=O)c1cc(-c2cccc(OC)c2)nn(C)c1=O. The second-order valence-electron chi connectivity index (χ2n) is 4.32. The van der Waals surface area contributed by atoms with Crippen LogP contribution in [0.15, 0.2) is 35.1 Å². The number of carbonyl (C=O) groups excluding carboxylic acids is 1. The lowest BCUT2D eigenvalue weighted by Gasteiger charge is -2.08. The van der Waals surface area contributed by atoms with Crippen LogP contribution in [-0.4, -0.2) is 29.5 Å². The van der Waals surface area contributed by atoms with Gasteiger partial charge in [-0.2, -0.15) is 5.10 Å². The summed E-state index contributed by atoms with van der Waals surface area (Å²) in [5, 5.41) is 4.16. The Hall–Kier alpha value is -2.63. The summed E-state index contributed by atoms with van der Waals surface area (Å²) in [5.41, 5.74) is 0.724. The van der Waals surface area contributed by atoms with Crippen molar-refractivity contribution in [3.63, 3.8) is 0 Å². The molecule has 0 spiro atoms. The monoisotopic (exact) mass is 288 g/mol. The summed E-state index contributed by atoms with van der Waals surface area (Å²) in [6, 6.07) is 8.66. The highest BCUT2D eigenvalue weighted by Gasteiger charge is 2.16. The average molecular weight is 288 g/mol. The van der Waals surface area contributed by atoms with Crippen molar-refractivity contribution < 1.29 is 14.3 Å². The zero-order valence-electron chi connectivity index (χ0n) is 12.1. The number of hydrogen-bond acceptors (Lipinski definition) is 5. The van der Waals surface area contributed by atoms with Crippen molar-refractivity contribution in [1.82, 2.24) is 9.78 Å². The highest BCUT2D eigenvalue weighted by molar-refractivity contribution is 5.90. The van der Waals surface area contributed by atoms with E-state index in [-0.39, 0.29) is 12.2 Å². The van der Waals surface area contributed by atoms with Gasteiger partial charge in [-0.05, 0) is 25.1 Å². The first-order valence-electron chi connectivity index (χ1n) is 6.46. The second kappa shape index (κ2) is 6.21. The van der Waals surface area contributed by atoms with Gasteiger partial charge < -0.3 is 9.47 Å². The molecular weight excluding hydrogens is 272 g/mol. The zero-order chi connectivity index (χ0) is 15.4. The second-order valence-corrected chi connectivity index (χ2v) is 4.32. The van der Waals surface area contributed by atoms with E-state index in [4.69, 9.17) is 9.47 Å². The third kappa shape index (κ3) is 3.10. The summed E-state index contributed by atoms with van der Waals surface area (Å²) in [7, 11) is 3.06. The minimum absolute atomic E-state index is 0.0350. The number of methoxy groups -OCH3 is 1. The van der Waals surface area contributed by atoms with Crippen LogP contribution < -0.4 is 10.3 Å². The molecule has 0 amide bonds. The minimum atomic E-state index is -0.648. The van der Waals surface area contributed by atoms with Gasteiger partial charge >= 0.3 is 5.97 Å². The Morgan fingerprint density at radius 1 is 1.33 bits per heavy atom. The number of aromatic nitrogens is 2. The summed E-state index contributed by atoms with van der Waals surface area (Å²) in [4.78, 5) is 23.8. The number of rotatable bonds is 4. The molecule has 0 unspecified atom stereocenters. The predicted octanol–water partition coefficient (Wildman–Crippen LogP) is 1.63. The van der Waals surface area contributed by atoms with Gasteiger partial charge in [-0.15, -0.1) is 0 Å². The summed E-state index contributed by atoms with van der Waals surface area (Å²) >= 11 is 0. The van der Waals surface area contributed by atoms with Crippen LogP contribution in [0.25, 0.3) is 11.3 Å². The maximum absolute atomic E-state index is 12.0. The molecule has 110 valence electrons. The van der Waals surface area contributed by atoms with E-state index < -0.39 is 11.5 Å². The van der Waals surface area contributed by atoms with Crippen molar-refractivity contribution in [1.29, 1.82) is 0 Å². The van der Waals surface area contributed by atoms with Crippen LogP contribution >= 0.6 is 0 Å². The standard InChI is InChI=1S/C15H16N2O4/c1-4-21-15(19)12-9-13(16-17(2)14(12)18)10-6-5-7-11(8-10)20-3/h5-9H,4H2,1-3H3. The first-order chi connectivity index (χ1) is 10.1. The molecule has 0 radical (unpaired) electrons. The Kier molecular flexibility index (Phi) is 4.37. The van der Waals surface area contributed by atoms with Crippen molar-refractivity contribution in [3.8, 4) is 17.0 Å². The number of ether oxygens (including phenoxy) is 2. The fraction of sp³-hybridized carbons (Fsp3) is 0.267. The van der Waals surface area contributed by atoms with Gasteiger partial charge in [0, 0.05) is 12.6 Å². The Morgan fingerprint density at radius 3 is 2.76 bits per heavy atom. The van der Waals surface area contributed by atoms with Gasteiger partial charge in [-0.1, -0.05) is 12.1 Å². The summed E-state index contributed by atoms with van der Waals surface area (Å²) in [6.45, 7) is 1.89. The lowest BCUT2D eigenvalue weighted by molar-refractivity contribution is 0.0523. The van der Waals surface area contributed by atoms with Crippen LogP contribution in [0.5, 0.6) is 5.75 Å². The maximum atomic E-state index is 12.0. The van der Waals surface area contributed by atoms with Crippen LogP contribution in [0.4, 0.5) is 0 Å².